The van der Waals surface area contributed by atoms with E-state index in [0.29, 0.717) is 18.4 Å². The van der Waals surface area contributed by atoms with Crippen molar-refractivity contribution in [3.63, 3.8) is 0 Å². The van der Waals surface area contributed by atoms with E-state index in [0.717, 1.165) is 19.3 Å². The minimum Gasteiger partial charge on any atom is -0.462 e. The standard InChI is InChI=1S/C41H58O10/c1-23(42)49-33-20-30-36(3,4)32(51-35(45)25-13-11-10-12-14-25)21-34(50-24(2)43)40(30,9)29-17-18-38(7)27(15-16-28(38)39(29,33)8)26-19-31(44)41(47,48-22-26)37(5,6)46/h10-14,16,26-27,29-34,44,46-47H,15,17-22H2,1-9H3. The molecular weight excluding hydrogens is 652 g/mol. The molecule has 5 aliphatic rings. The molecule has 1 aromatic carbocycles. The number of rotatable bonds is 6. The first-order valence-electron chi connectivity index (χ1n) is 18.7. The molecule has 0 aromatic heterocycles. The Labute approximate surface area is 302 Å². The first-order valence-corrected chi connectivity index (χ1v) is 18.7. The average molecular weight is 711 g/mol. The number of aliphatic hydroxyl groups excluding tert-OH is 1. The molecule has 0 bridgehead atoms. The second-order valence-corrected chi connectivity index (χ2v) is 18.0. The number of benzene rings is 1. The number of hydrogen-bond donors (Lipinski definition) is 3. The van der Waals surface area contributed by atoms with Crippen molar-refractivity contribution in [2.45, 2.75) is 137 Å². The fourth-order valence-electron chi connectivity index (χ4n) is 12.0. The van der Waals surface area contributed by atoms with Crippen molar-refractivity contribution >= 4 is 17.9 Å². The Morgan fingerprint density at radius 2 is 1.49 bits per heavy atom. The zero-order valence-electron chi connectivity index (χ0n) is 31.7. The van der Waals surface area contributed by atoms with E-state index in [4.69, 9.17) is 18.9 Å². The summed E-state index contributed by atoms with van der Waals surface area (Å²) < 4.78 is 24.8. The summed E-state index contributed by atoms with van der Waals surface area (Å²) in [7, 11) is 0. The molecule has 1 saturated heterocycles. The van der Waals surface area contributed by atoms with Gasteiger partial charge in [0.15, 0.2) is 0 Å². The summed E-state index contributed by atoms with van der Waals surface area (Å²) >= 11 is 0. The molecule has 6 rings (SSSR count). The number of aliphatic hydroxyl groups is 3. The minimum absolute atomic E-state index is 0.0472. The summed E-state index contributed by atoms with van der Waals surface area (Å²) in [6.45, 7) is 16.9. The highest BCUT2D eigenvalue weighted by Crippen LogP contribution is 2.74. The summed E-state index contributed by atoms with van der Waals surface area (Å²) in [5.74, 6) is -3.42. The lowest BCUT2D eigenvalue weighted by atomic mass is 9.36. The van der Waals surface area contributed by atoms with Crippen molar-refractivity contribution < 1.29 is 48.7 Å². The number of hydrogen-bond acceptors (Lipinski definition) is 10. The monoisotopic (exact) mass is 710 g/mol. The largest absolute Gasteiger partial charge is 0.462 e. The topological polar surface area (TPSA) is 149 Å². The van der Waals surface area contributed by atoms with Gasteiger partial charge in [0.05, 0.1) is 12.2 Å². The molecule has 3 saturated carbocycles. The number of esters is 3. The quantitative estimate of drug-likeness (QED) is 0.189. The zero-order valence-corrected chi connectivity index (χ0v) is 31.7. The van der Waals surface area contributed by atoms with Crippen molar-refractivity contribution in [3.05, 3.63) is 47.5 Å². The molecule has 4 fully saturated rings. The molecule has 0 amide bonds. The predicted octanol–water partition coefficient (Wildman–Crippen LogP) is 5.76. The van der Waals surface area contributed by atoms with Gasteiger partial charge in [-0.2, -0.15) is 0 Å². The molecule has 0 radical (unpaired) electrons. The molecule has 12 unspecified atom stereocenters. The van der Waals surface area contributed by atoms with E-state index in [-0.39, 0.29) is 54.1 Å². The molecule has 282 valence electrons. The Morgan fingerprint density at radius 1 is 0.863 bits per heavy atom. The average Bonchev–Trinajstić information content (AvgIpc) is 3.40. The zero-order chi connectivity index (χ0) is 37.5. The molecule has 1 aliphatic heterocycles. The van der Waals surface area contributed by atoms with Crippen LogP contribution < -0.4 is 0 Å². The highest BCUT2D eigenvalue weighted by Gasteiger charge is 2.73. The van der Waals surface area contributed by atoms with E-state index in [2.05, 4.69) is 40.7 Å². The summed E-state index contributed by atoms with van der Waals surface area (Å²) in [6.07, 6.45) is 2.90. The van der Waals surface area contributed by atoms with Crippen molar-refractivity contribution in [1.29, 1.82) is 0 Å². The fraction of sp³-hybridized carbons (Fsp3) is 0.732. The fourth-order valence-corrected chi connectivity index (χ4v) is 12.0. The van der Waals surface area contributed by atoms with Crippen LogP contribution in [0.3, 0.4) is 0 Å². The number of ether oxygens (including phenoxy) is 4. The van der Waals surface area contributed by atoms with Crippen molar-refractivity contribution in [3.8, 4) is 0 Å². The van der Waals surface area contributed by atoms with Crippen LogP contribution in [-0.2, 0) is 28.5 Å². The second kappa shape index (κ2) is 12.7. The van der Waals surface area contributed by atoms with Crippen molar-refractivity contribution in [1.82, 2.24) is 0 Å². The van der Waals surface area contributed by atoms with Crippen molar-refractivity contribution in [2.75, 3.05) is 6.61 Å². The van der Waals surface area contributed by atoms with Crippen molar-refractivity contribution in [2.24, 2.45) is 45.3 Å². The van der Waals surface area contributed by atoms with Crippen LogP contribution in [0.1, 0.15) is 111 Å². The molecule has 0 spiro atoms. The minimum atomic E-state index is -2.07. The van der Waals surface area contributed by atoms with Crippen LogP contribution >= 0.6 is 0 Å². The van der Waals surface area contributed by atoms with Gasteiger partial charge in [-0.15, -0.1) is 0 Å². The van der Waals surface area contributed by atoms with Gasteiger partial charge in [-0.3, -0.25) is 9.59 Å². The van der Waals surface area contributed by atoms with Crippen LogP contribution in [0, 0.1) is 45.3 Å². The van der Waals surface area contributed by atoms with E-state index in [1.54, 1.807) is 24.3 Å². The number of fused-ring (bicyclic) bond motifs is 5. The molecule has 10 heteroatoms. The van der Waals surface area contributed by atoms with E-state index >= 15 is 0 Å². The van der Waals surface area contributed by atoms with Crippen LogP contribution in [-0.4, -0.2) is 75.6 Å². The second-order valence-electron chi connectivity index (χ2n) is 18.0. The maximum absolute atomic E-state index is 13.4. The van der Waals surface area contributed by atoms with Gasteiger partial charge >= 0.3 is 17.9 Å². The number of allylic oxidation sites excluding steroid dienone is 1. The molecule has 12 atom stereocenters. The van der Waals surface area contributed by atoms with Crippen LogP contribution in [0.25, 0.3) is 0 Å². The van der Waals surface area contributed by atoms with Gasteiger partial charge in [0.2, 0.25) is 5.79 Å². The van der Waals surface area contributed by atoms with Gasteiger partial charge < -0.3 is 34.3 Å². The van der Waals surface area contributed by atoms with Crippen LogP contribution in [0.2, 0.25) is 0 Å². The lowest BCUT2D eigenvalue weighted by molar-refractivity contribution is -0.353. The maximum Gasteiger partial charge on any atom is 0.338 e. The van der Waals surface area contributed by atoms with E-state index in [1.165, 1.54) is 33.3 Å². The molecule has 51 heavy (non-hydrogen) atoms. The summed E-state index contributed by atoms with van der Waals surface area (Å²) in [4.78, 5) is 39.1. The van der Waals surface area contributed by atoms with Gasteiger partial charge in [0, 0.05) is 36.5 Å². The molecule has 1 aromatic rings. The summed E-state index contributed by atoms with van der Waals surface area (Å²) in [6, 6.07) is 8.89. The predicted molar refractivity (Wildman–Crippen MR) is 188 cm³/mol. The van der Waals surface area contributed by atoms with Gasteiger partial charge in [-0.05, 0) is 87.2 Å². The van der Waals surface area contributed by atoms with Crippen LogP contribution in [0.4, 0.5) is 0 Å². The van der Waals surface area contributed by atoms with Gasteiger partial charge in [-0.25, -0.2) is 4.79 Å². The maximum atomic E-state index is 13.4. The lowest BCUT2D eigenvalue weighted by Gasteiger charge is -2.70. The van der Waals surface area contributed by atoms with E-state index in [1.807, 2.05) is 6.07 Å². The van der Waals surface area contributed by atoms with Crippen LogP contribution in [0.5, 0.6) is 0 Å². The number of carbonyl (C=O) groups is 3. The lowest BCUT2D eigenvalue weighted by Crippen LogP contribution is -2.70. The Morgan fingerprint density at radius 3 is 2.08 bits per heavy atom. The van der Waals surface area contributed by atoms with Crippen LogP contribution in [0.15, 0.2) is 42.0 Å². The smallest absolute Gasteiger partial charge is 0.338 e. The third kappa shape index (κ3) is 5.78. The first kappa shape index (κ1) is 38.0. The Hall–Kier alpha value is -2.79. The molecule has 4 aliphatic carbocycles. The third-order valence-electron chi connectivity index (χ3n) is 14.6. The summed E-state index contributed by atoms with van der Waals surface area (Å²) in [5, 5.41) is 32.8. The molecular formula is C41H58O10. The normalized spacial score (nSPS) is 43.1. The Balaban J connectivity index is 1.37. The molecule has 3 N–H and O–H groups in total. The highest BCUT2D eigenvalue weighted by atomic mass is 16.7. The van der Waals surface area contributed by atoms with Gasteiger partial charge in [0.1, 0.15) is 30.0 Å². The Bertz CT molecular complexity index is 1560. The van der Waals surface area contributed by atoms with Gasteiger partial charge in [-0.1, -0.05) is 64.5 Å². The SMILES string of the molecule is CC(=O)OC1CC2C(C)(C)C(OC(=O)c3ccccc3)CC(OC(C)=O)C2(C)C2CCC3(C)C(=CCC3C3COC(O)(C(C)(C)O)C(O)C3)C12C. The first-order chi connectivity index (χ1) is 23.6. The van der Waals surface area contributed by atoms with Gasteiger partial charge in [0.25, 0.3) is 0 Å². The number of carbonyl (C=O) groups excluding carboxylic acids is 3. The van der Waals surface area contributed by atoms with E-state index < -0.39 is 58.0 Å². The Kier molecular flexibility index (Phi) is 9.43. The third-order valence-corrected chi connectivity index (χ3v) is 14.6. The molecule has 10 nitrogen and oxygen atoms in total. The van der Waals surface area contributed by atoms with E-state index in [9.17, 15) is 29.7 Å². The molecule has 1 heterocycles. The highest BCUT2D eigenvalue weighted by molar-refractivity contribution is 5.89. The summed E-state index contributed by atoms with van der Waals surface area (Å²) in [5.41, 5.74) is -2.02.